The fraction of sp³-hybridized carbons (Fsp3) is 0.714. The fourth-order valence-corrected chi connectivity index (χ4v) is 7.38. The first-order valence-electron chi connectivity index (χ1n) is 9.55. The van der Waals surface area contributed by atoms with Crippen LogP contribution in [0.2, 0.25) is 0 Å². The number of carbonyl (C=O) groups excluding carboxylic acids is 2. The molecule has 4 aliphatic carbocycles. The van der Waals surface area contributed by atoms with Crippen LogP contribution in [0, 0.1) is 28.6 Å². The number of fused-ring (bicyclic) bond motifs is 7. The Hall–Kier alpha value is -1.26. The number of aliphatic hydroxyl groups excluding tert-OH is 1. The molecular formula is C21H26O4. The van der Waals surface area contributed by atoms with Gasteiger partial charge in [-0.05, 0) is 56.6 Å². The first-order chi connectivity index (χ1) is 11.7. The van der Waals surface area contributed by atoms with Gasteiger partial charge in [-0.2, -0.15) is 0 Å². The number of hydrogen-bond donors (Lipinski definition) is 1. The van der Waals surface area contributed by atoms with Crippen LogP contribution >= 0.6 is 0 Å². The van der Waals surface area contributed by atoms with Gasteiger partial charge >= 0.3 is 0 Å². The van der Waals surface area contributed by atoms with Crippen molar-refractivity contribution < 1.29 is 19.4 Å². The van der Waals surface area contributed by atoms with E-state index in [4.69, 9.17) is 4.74 Å². The first kappa shape index (κ1) is 16.0. The molecule has 8 atom stereocenters. The van der Waals surface area contributed by atoms with Crippen LogP contribution in [0.15, 0.2) is 23.8 Å². The molecule has 1 saturated heterocycles. The van der Waals surface area contributed by atoms with E-state index >= 15 is 0 Å². The van der Waals surface area contributed by atoms with Crippen LogP contribution in [-0.2, 0) is 14.3 Å². The topological polar surface area (TPSA) is 66.9 Å². The molecule has 4 nitrogen and oxygen atoms in total. The summed E-state index contributed by atoms with van der Waals surface area (Å²) in [5.41, 5.74) is 0.00769. The molecule has 5 rings (SSSR count). The van der Waals surface area contributed by atoms with Crippen molar-refractivity contribution in [1.82, 2.24) is 0 Å². The standard InChI is InChI=1S/C21H26O4/c1-11(22)21-17(25-21)9-15-14-5-4-12-8-13(23)6-7-19(12,2)18(14)16(24)10-20(15,21)3/h6-8,14-18,24H,4-5,9-10H2,1-3H3/t14-,15-,16+,17+,18+,19-,20-,21+/m0/s1. The average molecular weight is 342 g/mol. The Balaban J connectivity index is 1.57. The molecule has 4 fully saturated rings. The van der Waals surface area contributed by atoms with Crippen LogP contribution in [0.4, 0.5) is 0 Å². The van der Waals surface area contributed by atoms with E-state index < -0.39 is 11.7 Å². The van der Waals surface area contributed by atoms with Gasteiger partial charge in [0.15, 0.2) is 17.2 Å². The normalized spacial score (nSPS) is 55.6. The number of rotatable bonds is 1. The van der Waals surface area contributed by atoms with Gasteiger partial charge in [-0.15, -0.1) is 0 Å². The maximum Gasteiger partial charge on any atom is 0.178 e. The Morgan fingerprint density at radius 2 is 2.12 bits per heavy atom. The first-order valence-corrected chi connectivity index (χ1v) is 9.55. The summed E-state index contributed by atoms with van der Waals surface area (Å²) in [6, 6.07) is 0. The molecule has 1 heterocycles. The van der Waals surface area contributed by atoms with Crippen LogP contribution in [0.3, 0.4) is 0 Å². The second-order valence-electron chi connectivity index (χ2n) is 9.35. The molecule has 0 unspecified atom stereocenters. The zero-order chi connectivity index (χ0) is 17.8. The monoisotopic (exact) mass is 342 g/mol. The maximum absolute atomic E-state index is 12.4. The Morgan fingerprint density at radius 3 is 2.84 bits per heavy atom. The van der Waals surface area contributed by atoms with Crippen molar-refractivity contribution in [3.05, 3.63) is 23.8 Å². The molecule has 0 aromatic heterocycles. The van der Waals surface area contributed by atoms with Crippen molar-refractivity contribution in [2.45, 2.75) is 64.3 Å². The summed E-state index contributed by atoms with van der Waals surface area (Å²) >= 11 is 0. The third-order valence-corrected chi connectivity index (χ3v) is 8.45. The molecule has 0 bridgehead atoms. The third kappa shape index (κ3) is 1.66. The van der Waals surface area contributed by atoms with E-state index in [1.165, 1.54) is 5.57 Å². The maximum atomic E-state index is 12.4. The Kier molecular flexibility index (Phi) is 2.89. The second-order valence-corrected chi connectivity index (χ2v) is 9.35. The molecule has 0 aromatic carbocycles. The number of allylic oxidation sites excluding steroid dienone is 4. The number of Topliss-reactive ketones (excluding diaryl/α,β-unsaturated/α-hetero) is 1. The van der Waals surface area contributed by atoms with E-state index in [1.807, 2.05) is 6.08 Å². The summed E-state index contributed by atoms with van der Waals surface area (Å²) in [6.45, 7) is 5.99. The molecule has 0 aromatic rings. The van der Waals surface area contributed by atoms with Crippen molar-refractivity contribution in [1.29, 1.82) is 0 Å². The summed E-state index contributed by atoms with van der Waals surface area (Å²) in [6.07, 6.45) is 8.48. The molecule has 0 amide bonds. The van der Waals surface area contributed by atoms with Gasteiger partial charge in [0.25, 0.3) is 0 Å². The zero-order valence-corrected chi connectivity index (χ0v) is 15.1. The summed E-state index contributed by atoms with van der Waals surface area (Å²) in [5, 5.41) is 11.2. The SMILES string of the molecule is CC(=O)[C@@]12O[C@@H]1C[C@H]1[C@@H]3CCC4=CC(=O)C=C[C@]4(C)[C@H]3[C@H](O)C[C@@]12C. The van der Waals surface area contributed by atoms with E-state index in [1.54, 1.807) is 19.1 Å². The zero-order valence-electron chi connectivity index (χ0n) is 15.1. The third-order valence-electron chi connectivity index (χ3n) is 8.45. The summed E-state index contributed by atoms with van der Waals surface area (Å²) in [7, 11) is 0. The lowest BCUT2D eigenvalue weighted by Gasteiger charge is -2.59. The van der Waals surface area contributed by atoms with E-state index in [-0.39, 0.29) is 34.4 Å². The van der Waals surface area contributed by atoms with Crippen LogP contribution in [-0.4, -0.2) is 34.5 Å². The highest BCUT2D eigenvalue weighted by atomic mass is 16.6. The van der Waals surface area contributed by atoms with Crippen molar-refractivity contribution >= 4 is 11.6 Å². The highest BCUT2D eigenvalue weighted by molar-refractivity contribution is 6.01. The van der Waals surface area contributed by atoms with Gasteiger partial charge in [0.05, 0.1) is 12.2 Å². The minimum atomic E-state index is -0.654. The Labute approximate surface area is 148 Å². The van der Waals surface area contributed by atoms with Crippen LogP contribution < -0.4 is 0 Å². The van der Waals surface area contributed by atoms with Gasteiger partial charge in [-0.1, -0.05) is 25.5 Å². The van der Waals surface area contributed by atoms with Gasteiger partial charge < -0.3 is 9.84 Å². The van der Waals surface area contributed by atoms with E-state index in [0.717, 1.165) is 19.3 Å². The second kappa shape index (κ2) is 4.52. The van der Waals surface area contributed by atoms with Gasteiger partial charge in [0.2, 0.25) is 0 Å². The van der Waals surface area contributed by atoms with Crippen molar-refractivity contribution in [3.63, 3.8) is 0 Å². The van der Waals surface area contributed by atoms with Crippen LogP contribution in [0.1, 0.15) is 46.5 Å². The molecule has 1 N–H and O–H groups in total. The largest absolute Gasteiger partial charge is 0.393 e. The fourth-order valence-electron chi connectivity index (χ4n) is 7.38. The molecule has 0 spiro atoms. The number of carbonyl (C=O) groups is 2. The lowest BCUT2D eigenvalue weighted by Crippen LogP contribution is -2.59. The Bertz CT molecular complexity index is 751. The molecule has 3 saturated carbocycles. The average Bonchev–Trinajstić information content (AvgIpc) is 3.22. The molecule has 1 aliphatic heterocycles. The minimum Gasteiger partial charge on any atom is -0.393 e. The lowest BCUT2D eigenvalue weighted by atomic mass is 9.46. The molecule has 25 heavy (non-hydrogen) atoms. The lowest BCUT2D eigenvalue weighted by molar-refractivity contribution is -0.152. The number of hydrogen-bond acceptors (Lipinski definition) is 4. The smallest absolute Gasteiger partial charge is 0.178 e. The molecule has 134 valence electrons. The summed E-state index contributed by atoms with van der Waals surface area (Å²) < 4.78 is 5.92. The predicted octanol–water partition coefficient (Wildman–Crippen LogP) is 2.60. The highest BCUT2D eigenvalue weighted by Crippen LogP contribution is 2.73. The molecule has 0 radical (unpaired) electrons. The predicted molar refractivity (Wildman–Crippen MR) is 91.7 cm³/mol. The summed E-state index contributed by atoms with van der Waals surface area (Å²) in [5.74, 6) is 1.09. The number of ether oxygens (including phenoxy) is 1. The minimum absolute atomic E-state index is 0.0409. The molecular weight excluding hydrogens is 316 g/mol. The van der Waals surface area contributed by atoms with Crippen LogP contribution in [0.5, 0.6) is 0 Å². The summed E-state index contributed by atoms with van der Waals surface area (Å²) in [4.78, 5) is 24.2. The van der Waals surface area contributed by atoms with E-state index in [2.05, 4.69) is 13.8 Å². The number of ketones is 2. The van der Waals surface area contributed by atoms with Gasteiger partial charge in [-0.25, -0.2) is 0 Å². The highest BCUT2D eigenvalue weighted by Gasteiger charge is 2.80. The van der Waals surface area contributed by atoms with Crippen LogP contribution in [0.25, 0.3) is 0 Å². The van der Waals surface area contributed by atoms with Crippen molar-refractivity contribution in [2.24, 2.45) is 28.6 Å². The number of epoxide rings is 1. The van der Waals surface area contributed by atoms with Gasteiger partial charge in [0, 0.05) is 16.7 Å². The Morgan fingerprint density at radius 1 is 1.36 bits per heavy atom. The molecule has 4 heteroatoms. The van der Waals surface area contributed by atoms with E-state index in [0.29, 0.717) is 18.3 Å². The quantitative estimate of drug-likeness (QED) is 0.744. The van der Waals surface area contributed by atoms with E-state index in [9.17, 15) is 14.7 Å². The van der Waals surface area contributed by atoms with Gasteiger partial charge in [-0.3, -0.25) is 9.59 Å². The van der Waals surface area contributed by atoms with Gasteiger partial charge in [0.1, 0.15) is 0 Å². The van der Waals surface area contributed by atoms with Crippen molar-refractivity contribution in [2.75, 3.05) is 0 Å². The number of aliphatic hydroxyl groups is 1. The van der Waals surface area contributed by atoms with Crippen molar-refractivity contribution in [3.8, 4) is 0 Å². The molecule has 5 aliphatic rings.